The lowest BCUT2D eigenvalue weighted by Gasteiger charge is -2.26. The monoisotopic (exact) mass is 287 g/mol. The van der Waals surface area contributed by atoms with Gasteiger partial charge in [-0.25, -0.2) is 0 Å². The van der Waals surface area contributed by atoms with E-state index in [-0.39, 0.29) is 30.2 Å². The number of hydrogen-bond acceptors (Lipinski definition) is 4. The van der Waals surface area contributed by atoms with Gasteiger partial charge in [0.2, 0.25) is 11.8 Å². The summed E-state index contributed by atoms with van der Waals surface area (Å²) >= 11 is 0. The molecule has 2 heterocycles. The maximum atomic E-state index is 12.3. The molecular weight excluding hydrogens is 270 g/mol. The van der Waals surface area contributed by atoms with Crippen molar-refractivity contribution in [2.24, 2.45) is 0 Å². The fraction of sp³-hybridized carbons (Fsp3) is 0.400. The molecule has 2 aliphatic rings. The Hall–Kier alpha value is -2.21. The van der Waals surface area contributed by atoms with Crippen LogP contribution in [0, 0.1) is 0 Å². The molecule has 110 valence electrons. The van der Waals surface area contributed by atoms with Gasteiger partial charge in [-0.3, -0.25) is 19.3 Å². The third-order valence-electron chi connectivity index (χ3n) is 4.10. The largest absolute Gasteiger partial charge is 0.342 e. The van der Waals surface area contributed by atoms with Crippen molar-refractivity contribution < 1.29 is 14.4 Å². The smallest absolute Gasteiger partial charge is 0.252 e. The van der Waals surface area contributed by atoms with Crippen molar-refractivity contribution in [1.82, 2.24) is 15.5 Å². The molecule has 6 nitrogen and oxygen atoms in total. The zero-order valence-electron chi connectivity index (χ0n) is 11.8. The highest BCUT2D eigenvalue weighted by Gasteiger charge is 2.38. The predicted molar refractivity (Wildman–Crippen MR) is 75.1 cm³/mol. The van der Waals surface area contributed by atoms with Crippen LogP contribution in [0.25, 0.3) is 0 Å². The molecule has 1 saturated heterocycles. The van der Waals surface area contributed by atoms with E-state index in [1.165, 1.54) is 12.6 Å². The van der Waals surface area contributed by atoms with Crippen molar-refractivity contribution in [3.8, 4) is 0 Å². The van der Waals surface area contributed by atoms with Gasteiger partial charge in [0.15, 0.2) is 0 Å². The second-order valence-corrected chi connectivity index (χ2v) is 5.46. The number of carbonyl (C=O) groups excluding carboxylic acids is 3. The molecule has 21 heavy (non-hydrogen) atoms. The SMILES string of the molecule is CN1C(=O)CC(NC(=O)[C@@H]2Cc3ccccc3CN2)C1=O. The van der Waals surface area contributed by atoms with E-state index >= 15 is 0 Å². The molecule has 0 aromatic heterocycles. The molecule has 2 N–H and O–H groups in total. The molecular formula is C15H17N3O3. The average molecular weight is 287 g/mol. The number of amides is 3. The second kappa shape index (κ2) is 5.29. The van der Waals surface area contributed by atoms with Crippen LogP contribution >= 0.6 is 0 Å². The van der Waals surface area contributed by atoms with E-state index in [9.17, 15) is 14.4 Å². The first-order valence-corrected chi connectivity index (χ1v) is 6.97. The Labute approximate surface area is 122 Å². The number of imide groups is 1. The lowest BCUT2D eigenvalue weighted by Crippen LogP contribution is -2.52. The highest BCUT2D eigenvalue weighted by molar-refractivity contribution is 6.06. The van der Waals surface area contributed by atoms with Crippen LogP contribution in [0.3, 0.4) is 0 Å². The summed E-state index contributed by atoms with van der Waals surface area (Å²) in [7, 11) is 1.44. The van der Waals surface area contributed by atoms with Crippen molar-refractivity contribution in [1.29, 1.82) is 0 Å². The normalized spacial score (nSPS) is 24.9. The predicted octanol–water partition coefficient (Wildman–Crippen LogP) is -0.426. The first-order valence-electron chi connectivity index (χ1n) is 6.97. The molecule has 2 atom stereocenters. The van der Waals surface area contributed by atoms with Gasteiger partial charge in [0, 0.05) is 13.6 Å². The van der Waals surface area contributed by atoms with Crippen LogP contribution in [-0.4, -0.2) is 41.8 Å². The van der Waals surface area contributed by atoms with Gasteiger partial charge in [-0.15, -0.1) is 0 Å². The second-order valence-electron chi connectivity index (χ2n) is 5.46. The average Bonchev–Trinajstić information content (AvgIpc) is 2.74. The minimum atomic E-state index is -0.728. The molecule has 2 aliphatic heterocycles. The van der Waals surface area contributed by atoms with Crippen LogP contribution in [0.4, 0.5) is 0 Å². The van der Waals surface area contributed by atoms with E-state index in [0.717, 1.165) is 10.5 Å². The number of rotatable bonds is 2. The first-order chi connectivity index (χ1) is 10.1. The number of carbonyl (C=O) groups is 3. The van der Waals surface area contributed by atoms with Gasteiger partial charge in [-0.2, -0.15) is 0 Å². The van der Waals surface area contributed by atoms with E-state index in [0.29, 0.717) is 13.0 Å². The Kier molecular flexibility index (Phi) is 3.47. The number of likely N-dealkylation sites (N-methyl/N-ethyl adjacent to an activating group) is 1. The Balaban J connectivity index is 1.65. The van der Waals surface area contributed by atoms with Crippen LogP contribution in [0.5, 0.6) is 0 Å². The Morgan fingerprint density at radius 2 is 1.95 bits per heavy atom. The molecule has 0 bridgehead atoms. The molecule has 3 rings (SSSR count). The molecule has 1 fully saturated rings. The molecule has 1 unspecified atom stereocenters. The fourth-order valence-corrected chi connectivity index (χ4v) is 2.78. The molecule has 1 aromatic rings. The van der Waals surface area contributed by atoms with Gasteiger partial charge in [0.25, 0.3) is 5.91 Å². The van der Waals surface area contributed by atoms with Crippen LogP contribution in [0.2, 0.25) is 0 Å². The lowest BCUT2D eigenvalue weighted by molar-refractivity contribution is -0.138. The Morgan fingerprint density at radius 3 is 2.62 bits per heavy atom. The quantitative estimate of drug-likeness (QED) is 0.724. The maximum absolute atomic E-state index is 12.3. The summed E-state index contributed by atoms with van der Waals surface area (Å²) in [5.41, 5.74) is 2.33. The summed E-state index contributed by atoms with van der Waals surface area (Å²) in [5, 5.41) is 5.84. The van der Waals surface area contributed by atoms with Gasteiger partial charge in [0.1, 0.15) is 6.04 Å². The molecule has 0 spiro atoms. The first kappa shape index (κ1) is 13.8. The minimum Gasteiger partial charge on any atom is -0.342 e. The van der Waals surface area contributed by atoms with Gasteiger partial charge in [0.05, 0.1) is 12.5 Å². The number of fused-ring (bicyclic) bond motifs is 1. The molecule has 1 aromatic carbocycles. The molecule has 0 saturated carbocycles. The summed E-state index contributed by atoms with van der Waals surface area (Å²) < 4.78 is 0. The van der Waals surface area contributed by atoms with Crippen LogP contribution in [-0.2, 0) is 27.3 Å². The van der Waals surface area contributed by atoms with Gasteiger partial charge >= 0.3 is 0 Å². The standard InChI is InChI=1S/C15H17N3O3/c1-18-13(19)7-12(15(18)21)17-14(20)11-6-9-4-2-3-5-10(9)8-16-11/h2-5,11-12,16H,6-8H2,1H3,(H,17,20)/t11-,12?/m0/s1. The number of nitrogens with zero attached hydrogens (tertiary/aromatic N) is 1. The summed E-state index contributed by atoms with van der Waals surface area (Å²) in [6.45, 7) is 0.631. The van der Waals surface area contributed by atoms with Gasteiger partial charge in [-0.1, -0.05) is 24.3 Å². The maximum Gasteiger partial charge on any atom is 0.252 e. The minimum absolute atomic E-state index is 0.0460. The topological polar surface area (TPSA) is 78.5 Å². The van der Waals surface area contributed by atoms with E-state index in [1.54, 1.807) is 0 Å². The van der Waals surface area contributed by atoms with Gasteiger partial charge in [-0.05, 0) is 17.5 Å². The van der Waals surface area contributed by atoms with E-state index in [2.05, 4.69) is 10.6 Å². The van der Waals surface area contributed by atoms with E-state index in [4.69, 9.17) is 0 Å². The number of benzene rings is 1. The van der Waals surface area contributed by atoms with Crippen molar-refractivity contribution in [3.63, 3.8) is 0 Å². The highest BCUT2D eigenvalue weighted by atomic mass is 16.2. The van der Waals surface area contributed by atoms with Crippen molar-refractivity contribution in [3.05, 3.63) is 35.4 Å². The Morgan fingerprint density at radius 1 is 1.24 bits per heavy atom. The van der Waals surface area contributed by atoms with Crippen molar-refractivity contribution >= 4 is 17.7 Å². The number of hydrogen-bond donors (Lipinski definition) is 2. The third-order valence-corrected chi connectivity index (χ3v) is 4.10. The summed E-state index contributed by atoms with van der Waals surface area (Å²) in [5.74, 6) is -0.831. The summed E-state index contributed by atoms with van der Waals surface area (Å²) in [6.07, 6.45) is 0.636. The zero-order valence-corrected chi connectivity index (χ0v) is 11.8. The summed E-state index contributed by atoms with van der Waals surface area (Å²) in [4.78, 5) is 36.6. The van der Waals surface area contributed by atoms with Crippen LogP contribution in [0.1, 0.15) is 17.5 Å². The molecule has 0 aliphatic carbocycles. The lowest BCUT2D eigenvalue weighted by atomic mass is 9.95. The zero-order chi connectivity index (χ0) is 15.0. The van der Waals surface area contributed by atoms with Gasteiger partial charge < -0.3 is 10.6 Å². The molecule has 3 amide bonds. The Bertz CT molecular complexity index is 614. The number of nitrogens with one attached hydrogen (secondary N) is 2. The van der Waals surface area contributed by atoms with E-state index < -0.39 is 6.04 Å². The third kappa shape index (κ3) is 2.54. The molecule has 0 radical (unpaired) electrons. The summed E-state index contributed by atoms with van der Waals surface area (Å²) in [6, 6.07) is 6.87. The van der Waals surface area contributed by atoms with Crippen LogP contribution < -0.4 is 10.6 Å². The van der Waals surface area contributed by atoms with E-state index in [1.807, 2.05) is 24.3 Å². The fourth-order valence-electron chi connectivity index (χ4n) is 2.78. The van der Waals surface area contributed by atoms with Crippen molar-refractivity contribution in [2.45, 2.75) is 31.5 Å². The van der Waals surface area contributed by atoms with Crippen LogP contribution in [0.15, 0.2) is 24.3 Å². The van der Waals surface area contributed by atoms with Crippen molar-refractivity contribution in [2.75, 3.05) is 7.05 Å². The highest BCUT2D eigenvalue weighted by Crippen LogP contribution is 2.17. The number of likely N-dealkylation sites (tertiary alicyclic amines) is 1. The molecule has 6 heteroatoms.